The van der Waals surface area contributed by atoms with Crippen LogP contribution in [0.2, 0.25) is 0 Å². The van der Waals surface area contributed by atoms with Crippen molar-refractivity contribution in [3.8, 4) is 0 Å². The van der Waals surface area contributed by atoms with E-state index < -0.39 is 16.1 Å². The van der Waals surface area contributed by atoms with Gasteiger partial charge in [0, 0.05) is 12.6 Å². The normalized spacial score (nSPS) is 34.8. The van der Waals surface area contributed by atoms with Gasteiger partial charge in [0.05, 0.1) is 12.2 Å². The Morgan fingerprint density at radius 2 is 1.71 bits per heavy atom. The van der Waals surface area contributed by atoms with Crippen LogP contribution < -0.4 is 10.4 Å². The van der Waals surface area contributed by atoms with Gasteiger partial charge in [-0.2, -0.15) is 17.1 Å². The maximum absolute atomic E-state index is 11.8. The van der Waals surface area contributed by atoms with Crippen LogP contribution in [0.4, 0.5) is 0 Å². The molecule has 1 N–H and O–H groups in total. The van der Waals surface area contributed by atoms with E-state index in [2.05, 4.69) is 9.71 Å². The minimum Gasteiger partial charge on any atom is -0.860 e. The van der Waals surface area contributed by atoms with Crippen molar-refractivity contribution in [1.29, 1.82) is 0 Å². The quantitative estimate of drug-likeness (QED) is 0.749. The lowest BCUT2D eigenvalue weighted by Crippen LogP contribution is -2.43. The number of piperidine rings is 1. The fourth-order valence-electron chi connectivity index (χ4n) is 3.42. The van der Waals surface area contributed by atoms with E-state index in [4.69, 9.17) is 4.74 Å². The minimum atomic E-state index is -3.72. The second-order valence-electron chi connectivity index (χ2n) is 6.02. The third kappa shape index (κ3) is 3.56. The highest BCUT2D eigenvalue weighted by molar-refractivity contribution is 7.88. The molecule has 0 unspecified atom stereocenters. The Morgan fingerprint density at radius 3 is 2.29 bits per heavy atom. The molecule has 0 aromatic heterocycles. The molecule has 3 aliphatic rings. The van der Waals surface area contributed by atoms with Gasteiger partial charge in [0.2, 0.25) is 0 Å². The van der Waals surface area contributed by atoms with E-state index in [1.807, 2.05) is 0 Å². The Labute approximate surface area is 125 Å². The molecule has 8 heteroatoms. The Morgan fingerprint density at radius 1 is 1.10 bits per heavy atom. The molecule has 0 amide bonds. The largest absolute Gasteiger partial charge is 0.860 e. The summed E-state index contributed by atoms with van der Waals surface area (Å²) in [7, 11) is -3.72. The van der Waals surface area contributed by atoms with Crippen LogP contribution in [0.15, 0.2) is 4.40 Å². The molecular formula is C13H22N3O4S-. The van der Waals surface area contributed by atoms with Gasteiger partial charge in [0.15, 0.2) is 0 Å². The van der Waals surface area contributed by atoms with Crippen LogP contribution in [0.3, 0.4) is 0 Å². The van der Waals surface area contributed by atoms with Crippen LogP contribution in [-0.4, -0.2) is 56.5 Å². The molecule has 2 fully saturated rings. The summed E-state index contributed by atoms with van der Waals surface area (Å²) in [6.45, 7) is 1.93. The van der Waals surface area contributed by atoms with Crippen molar-refractivity contribution in [2.45, 2.75) is 56.8 Å². The molecule has 0 radical (unpaired) electrons. The molecule has 3 rings (SSSR count). The average molecular weight is 316 g/mol. The molecule has 0 bridgehead atoms. The first-order valence-electron chi connectivity index (χ1n) is 7.68. The fraction of sp³-hybridized carbons (Fsp3) is 0.923. The molecule has 0 spiro atoms. The molecule has 0 aromatic carbocycles. The standard InChI is InChI=1S/C13H23N3O4S/c17-13-9-16(21(18,19)15-13)10-1-3-11(4-2-10)20-12-5-7-14-8-6-12/h10-12,14H,1-9H2,(H,15,17)/p-1. The van der Waals surface area contributed by atoms with Crippen molar-refractivity contribution in [2.75, 3.05) is 19.6 Å². The predicted molar refractivity (Wildman–Crippen MR) is 76.1 cm³/mol. The summed E-state index contributed by atoms with van der Waals surface area (Å²) in [6.07, 6.45) is 5.86. The summed E-state index contributed by atoms with van der Waals surface area (Å²) in [5.41, 5.74) is 0. The second-order valence-corrected chi connectivity index (χ2v) is 7.57. The predicted octanol–water partition coefficient (Wildman–Crippen LogP) is -0.615. The topological polar surface area (TPSA) is 94.1 Å². The number of rotatable bonds is 3. The van der Waals surface area contributed by atoms with Crippen LogP contribution in [0, 0.1) is 0 Å². The molecule has 21 heavy (non-hydrogen) atoms. The van der Waals surface area contributed by atoms with Crippen molar-refractivity contribution in [3.63, 3.8) is 0 Å². The van der Waals surface area contributed by atoms with E-state index in [0.717, 1.165) is 51.6 Å². The zero-order chi connectivity index (χ0) is 14.9. The first kappa shape index (κ1) is 15.2. The molecule has 2 aliphatic heterocycles. The van der Waals surface area contributed by atoms with Gasteiger partial charge in [-0.15, -0.1) is 0 Å². The highest BCUT2D eigenvalue weighted by Gasteiger charge is 2.36. The van der Waals surface area contributed by atoms with Crippen molar-refractivity contribution >= 4 is 16.1 Å². The number of ether oxygens (including phenoxy) is 1. The van der Waals surface area contributed by atoms with Crippen LogP contribution >= 0.6 is 0 Å². The molecule has 0 atom stereocenters. The van der Waals surface area contributed by atoms with Gasteiger partial charge < -0.3 is 15.2 Å². The van der Waals surface area contributed by atoms with Crippen molar-refractivity contribution in [1.82, 2.24) is 9.62 Å². The summed E-state index contributed by atoms with van der Waals surface area (Å²) in [6, 6.07) is -0.0990. The number of hydrogen-bond donors (Lipinski definition) is 1. The van der Waals surface area contributed by atoms with Gasteiger partial charge in [-0.1, -0.05) is 0 Å². The van der Waals surface area contributed by atoms with Gasteiger partial charge in [0.1, 0.15) is 0 Å². The molecule has 7 nitrogen and oxygen atoms in total. The van der Waals surface area contributed by atoms with E-state index in [-0.39, 0.29) is 18.7 Å². The molecule has 2 heterocycles. The maximum atomic E-state index is 11.8. The van der Waals surface area contributed by atoms with E-state index >= 15 is 0 Å². The van der Waals surface area contributed by atoms with Crippen molar-refractivity contribution in [3.05, 3.63) is 0 Å². The SMILES string of the molecule is O=S1(=O)N=C([O-])CN1C1CCC(OC2CCNCC2)CC1. The molecule has 1 aliphatic carbocycles. The summed E-state index contributed by atoms with van der Waals surface area (Å²) in [5, 5.41) is 14.5. The third-order valence-corrected chi connectivity index (χ3v) is 5.98. The van der Waals surface area contributed by atoms with Crippen LogP contribution in [-0.2, 0) is 14.9 Å². The van der Waals surface area contributed by atoms with Gasteiger partial charge in [-0.25, -0.2) is 0 Å². The molecule has 120 valence electrons. The Balaban J connectivity index is 1.49. The van der Waals surface area contributed by atoms with Gasteiger partial charge in [0.25, 0.3) is 0 Å². The smallest absolute Gasteiger partial charge is 0.322 e. The monoisotopic (exact) mass is 316 g/mol. The zero-order valence-corrected chi connectivity index (χ0v) is 12.8. The van der Waals surface area contributed by atoms with E-state index in [0.29, 0.717) is 6.10 Å². The van der Waals surface area contributed by atoms with E-state index in [9.17, 15) is 13.5 Å². The summed E-state index contributed by atoms with van der Waals surface area (Å²) in [4.78, 5) is 0. The van der Waals surface area contributed by atoms with E-state index in [1.165, 1.54) is 4.31 Å². The summed E-state index contributed by atoms with van der Waals surface area (Å²) in [5.74, 6) is -0.553. The lowest BCUT2D eigenvalue weighted by atomic mass is 9.92. The molecular weight excluding hydrogens is 294 g/mol. The lowest BCUT2D eigenvalue weighted by molar-refractivity contribution is -0.217. The first-order valence-corrected chi connectivity index (χ1v) is 9.08. The maximum Gasteiger partial charge on any atom is 0.322 e. The van der Waals surface area contributed by atoms with Crippen LogP contribution in [0.5, 0.6) is 0 Å². The minimum absolute atomic E-state index is 0.0905. The van der Waals surface area contributed by atoms with Crippen LogP contribution in [0.1, 0.15) is 38.5 Å². The van der Waals surface area contributed by atoms with Crippen molar-refractivity contribution in [2.24, 2.45) is 4.40 Å². The Hall–Kier alpha value is -0.700. The first-order chi connectivity index (χ1) is 10.0. The van der Waals surface area contributed by atoms with Crippen molar-refractivity contribution < 1.29 is 18.3 Å². The highest BCUT2D eigenvalue weighted by atomic mass is 32.2. The third-order valence-electron chi connectivity index (χ3n) is 4.53. The average Bonchev–Trinajstić information content (AvgIpc) is 2.74. The van der Waals surface area contributed by atoms with Gasteiger partial charge >= 0.3 is 10.2 Å². The molecule has 1 saturated heterocycles. The zero-order valence-electron chi connectivity index (χ0n) is 12.0. The molecule has 1 saturated carbocycles. The van der Waals surface area contributed by atoms with Gasteiger partial charge in [-0.3, -0.25) is 0 Å². The Bertz CT molecular complexity index is 494. The van der Waals surface area contributed by atoms with E-state index in [1.54, 1.807) is 0 Å². The summed E-state index contributed by atoms with van der Waals surface area (Å²) >= 11 is 0. The number of hydrogen-bond acceptors (Lipinski definition) is 5. The van der Waals surface area contributed by atoms with Crippen LogP contribution in [0.25, 0.3) is 0 Å². The molecule has 0 aromatic rings. The Kier molecular flexibility index (Phi) is 4.49. The highest BCUT2D eigenvalue weighted by Crippen LogP contribution is 2.30. The number of nitrogens with one attached hydrogen (secondary N) is 1. The van der Waals surface area contributed by atoms with Gasteiger partial charge in [-0.05, 0) is 57.5 Å². The lowest BCUT2D eigenvalue weighted by Gasteiger charge is -2.35. The second kappa shape index (κ2) is 6.20. The number of nitrogens with zero attached hydrogens (tertiary/aromatic N) is 2. The summed E-state index contributed by atoms with van der Waals surface area (Å²) < 4.78 is 34.1. The fourth-order valence-corrected chi connectivity index (χ4v) is 4.70.